The molecule has 1 aromatic rings. The number of hydrogen-bond donors (Lipinski definition) is 1. The molecule has 1 saturated carbocycles. The summed E-state index contributed by atoms with van der Waals surface area (Å²) in [6.45, 7) is 5.86. The number of hydrogen-bond acceptors (Lipinski definition) is 2. The van der Waals surface area contributed by atoms with Crippen LogP contribution in [0.25, 0.3) is 0 Å². The molecule has 1 aromatic heterocycles. The summed E-state index contributed by atoms with van der Waals surface area (Å²) in [5.74, 6) is 2.55. The van der Waals surface area contributed by atoms with Crippen molar-refractivity contribution < 1.29 is 0 Å². The second kappa shape index (κ2) is 6.75. The molecule has 3 rings (SSSR count). The lowest BCUT2D eigenvalue weighted by Gasteiger charge is -2.30. The number of piperidine rings is 1. The zero-order chi connectivity index (χ0) is 13.8. The molecule has 3 nitrogen and oxygen atoms in total. The van der Waals surface area contributed by atoms with Gasteiger partial charge in [0.25, 0.3) is 0 Å². The minimum Gasteiger partial charge on any atom is -0.334 e. The van der Waals surface area contributed by atoms with Gasteiger partial charge in [0.1, 0.15) is 0 Å². The van der Waals surface area contributed by atoms with Crippen molar-refractivity contribution >= 4 is 0 Å². The Bertz CT molecular complexity index is 398. The van der Waals surface area contributed by atoms with Crippen molar-refractivity contribution in [2.45, 2.75) is 64.3 Å². The summed E-state index contributed by atoms with van der Waals surface area (Å²) >= 11 is 0. The Hall–Kier alpha value is -0.830. The highest BCUT2D eigenvalue weighted by Crippen LogP contribution is 2.32. The van der Waals surface area contributed by atoms with Crippen molar-refractivity contribution in [1.82, 2.24) is 14.9 Å². The number of nitrogens with zero attached hydrogens (tertiary/aromatic N) is 2. The van der Waals surface area contributed by atoms with Crippen LogP contribution in [0.1, 0.15) is 63.5 Å². The summed E-state index contributed by atoms with van der Waals surface area (Å²) in [4.78, 5) is 4.43. The van der Waals surface area contributed by atoms with Crippen LogP contribution >= 0.6 is 0 Å². The van der Waals surface area contributed by atoms with Gasteiger partial charge < -0.3 is 9.88 Å². The Morgan fingerprint density at radius 2 is 2.00 bits per heavy atom. The van der Waals surface area contributed by atoms with Crippen molar-refractivity contribution in [3.8, 4) is 0 Å². The van der Waals surface area contributed by atoms with Crippen LogP contribution in [-0.2, 0) is 6.54 Å². The first-order chi connectivity index (χ1) is 9.86. The maximum Gasteiger partial charge on any atom is 0.0948 e. The Balaban J connectivity index is 1.59. The molecule has 1 aliphatic carbocycles. The molecule has 2 heterocycles. The van der Waals surface area contributed by atoms with Crippen LogP contribution in [0.5, 0.6) is 0 Å². The molecule has 1 unspecified atom stereocenters. The zero-order valence-corrected chi connectivity index (χ0v) is 12.9. The average molecular weight is 275 g/mol. The second-order valence-corrected chi connectivity index (χ2v) is 6.81. The van der Waals surface area contributed by atoms with E-state index in [1.54, 1.807) is 0 Å². The average Bonchev–Trinajstić information content (AvgIpc) is 2.97. The Morgan fingerprint density at radius 1 is 1.20 bits per heavy atom. The van der Waals surface area contributed by atoms with Gasteiger partial charge in [0.05, 0.1) is 6.33 Å². The Labute approximate surface area is 123 Å². The van der Waals surface area contributed by atoms with E-state index in [1.807, 2.05) is 0 Å². The number of rotatable bonds is 4. The van der Waals surface area contributed by atoms with Crippen molar-refractivity contribution in [1.29, 1.82) is 0 Å². The standard InChI is InChI=1S/C17H29N3/c1-2-14-5-7-15(8-6-14)12-20-13-19-11-17(20)16-4-3-9-18-10-16/h11,13-16,18H,2-10,12H2,1H3. The predicted molar refractivity (Wildman–Crippen MR) is 82.8 cm³/mol. The van der Waals surface area contributed by atoms with Crippen molar-refractivity contribution in [3.63, 3.8) is 0 Å². The molecular weight excluding hydrogens is 246 g/mol. The third-order valence-electron chi connectivity index (χ3n) is 5.46. The number of aromatic nitrogens is 2. The fourth-order valence-corrected chi connectivity index (χ4v) is 4.03. The highest BCUT2D eigenvalue weighted by molar-refractivity contribution is 5.08. The first-order valence-corrected chi connectivity index (χ1v) is 8.57. The fourth-order valence-electron chi connectivity index (χ4n) is 4.03. The Kier molecular flexibility index (Phi) is 4.77. The van der Waals surface area contributed by atoms with Crippen molar-refractivity contribution in [2.75, 3.05) is 13.1 Å². The van der Waals surface area contributed by atoms with Crippen LogP contribution in [0.15, 0.2) is 12.5 Å². The van der Waals surface area contributed by atoms with Gasteiger partial charge >= 0.3 is 0 Å². The quantitative estimate of drug-likeness (QED) is 0.910. The molecule has 20 heavy (non-hydrogen) atoms. The van der Waals surface area contributed by atoms with Crippen LogP contribution < -0.4 is 5.32 Å². The molecule has 0 spiro atoms. The highest BCUT2D eigenvalue weighted by Gasteiger charge is 2.23. The van der Waals surface area contributed by atoms with Crippen LogP contribution in [-0.4, -0.2) is 22.6 Å². The molecule has 0 radical (unpaired) electrons. The molecule has 1 aliphatic heterocycles. The van der Waals surface area contributed by atoms with Gasteiger partial charge in [-0.3, -0.25) is 0 Å². The van der Waals surface area contributed by atoms with Crippen LogP contribution in [0.4, 0.5) is 0 Å². The smallest absolute Gasteiger partial charge is 0.0948 e. The van der Waals surface area contributed by atoms with Crippen LogP contribution in [0.2, 0.25) is 0 Å². The lowest BCUT2D eigenvalue weighted by molar-refractivity contribution is 0.244. The Morgan fingerprint density at radius 3 is 2.70 bits per heavy atom. The van der Waals surface area contributed by atoms with E-state index in [9.17, 15) is 0 Å². The normalized spacial score (nSPS) is 31.4. The van der Waals surface area contributed by atoms with E-state index < -0.39 is 0 Å². The summed E-state index contributed by atoms with van der Waals surface area (Å²) in [6.07, 6.45) is 13.9. The highest BCUT2D eigenvalue weighted by atomic mass is 15.1. The lowest BCUT2D eigenvalue weighted by Crippen LogP contribution is -2.30. The lowest BCUT2D eigenvalue weighted by atomic mass is 9.81. The SMILES string of the molecule is CCC1CCC(Cn2cncc2C2CCCNC2)CC1. The van der Waals surface area contributed by atoms with Gasteiger partial charge in [0, 0.05) is 30.9 Å². The van der Waals surface area contributed by atoms with E-state index in [2.05, 4.69) is 34.3 Å². The summed E-state index contributed by atoms with van der Waals surface area (Å²) in [6, 6.07) is 0. The van der Waals surface area contributed by atoms with E-state index in [4.69, 9.17) is 0 Å². The molecule has 1 atom stereocenters. The van der Waals surface area contributed by atoms with Gasteiger partial charge in [-0.25, -0.2) is 4.98 Å². The van der Waals surface area contributed by atoms with E-state index >= 15 is 0 Å². The maximum atomic E-state index is 4.43. The van der Waals surface area contributed by atoms with E-state index in [1.165, 1.54) is 63.7 Å². The summed E-state index contributed by atoms with van der Waals surface area (Å²) in [7, 11) is 0. The summed E-state index contributed by atoms with van der Waals surface area (Å²) in [5, 5.41) is 3.53. The monoisotopic (exact) mass is 275 g/mol. The largest absolute Gasteiger partial charge is 0.334 e. The predicted octanol–water partition coefficient (Wildman–Crippen LogP) is 3.57. The third-order valence-corrected chi connectivity index (χ3v) is 5.46. The van der Waals surface area contributed by atoms with Crippen molar-refractivity contribution in [2.24, 2.45) is 11.8 Å². The molecule has 2 aliphatic rings. The second-order valence-electron chi connectivity index (χ2n) is 6.81. The van der Waals surface area contributed by atoms with Gasteiger partial charge in [-0.1, -0.05) is 26.2 Å². The third kappa shape index (κ3) is 3.25. The van der Waals surface area contributed by atoms with E-state index in [0.717, 1.165) is 18.4 Å². The van der Waals surface area contributed by atoms with E-state index in [0.29, 0.717) is 5.92 Å². The van der Waals surface area contributed by atoms with Gasteiger partial charge in [-0.2, -0.15) is 0 Å². The van der Waals surface area contributed by atoms with Crippen LogP contribution in [0, 0.1) is 11.8 Å². The van der Waals surface area contributed by atoms with Gasteiger partial charge in [0.2, 0.25) is 0 Å². The van der Waals surface area contributed by atoms with Crippen molar-refractivity contribution in [3.05, 3.63) is 18.2 Å². The molecule has 0 bridgehead atoms. The summed E-state index contributed by atoms with van der Waals surface area (Å²) in [5.41, 5.74) is 1.47. The molecular formula is C17H29N3. The number of imidazole rings is 1. The number of nitrogens with one attached hydrogen (secondary N) is 1. The minimum absolute atomic E-state index is 0.679. The molecule has 0 amide bonds. The molecule has 1 saturated heterocycles. The molecule has 1 N–H and O–H groups in total. The molecule has 112 valence electrons. The van der Waals surface area contributed by atoms with Gasteiger partial charge in [0.15, 0.2) is 0 Å². The maximum absolute atomic E-state index is 4.43. The topological polar surface area (TPSA) is 29.9 Å². The first kappa shape index (κ1) is 14.1. The minimum atomic E-state index is 0.679. The molecule has 3 heteroatoms. The molecule has 2 fully saturated rings. The zero-order valence-electron chi connectivity index (χ0n) is 12.9. The van der Waals surface area contributed by atoms with Gasteiger partial charge in [-0.05, 0) is 44.1 Å². The first-order valence-electron chi connectivity index (χ1n) is 8.57. The summed E-state index contributed by atoms with van der Waals surface area (Å²) < 4.78 is 2.45. The van der Waals surface area contributed by atoms with E-state index in [-0.39, 0.29) is 0 Å². The molecule has 0 aromatic carbocycles. The van der Waals surface area contributed by atoms with Crippen LogP contribution in [0.3, 0.4) is 0 Å². The fraction of sp³-hybridized carbons (Fsp3) is 0.824. The van der Waals surface area contributed by atoms with Gasteiger partial charge in [-0.15, -0.1) is 0 Å².